The minimum absolute atomic E-state index is 0.259. The summed E-state index contributed by atoms with van der Waals surface area (Å²) < 4.78 is 2.34. The lowest BCUT2D eigenvalue weighted by atomic mass is 9.99. The Labute approximate surface area is 127 Å². The molecule has 1 atom stereocenters. The number of nitrogens with two attached hydrogens (primary N) is 1. The lowest BCUT2D eigenvalue weighted by Gasteiger charge is -2.10. The maximum atomic E-state index is 6.21. The number of aromatic nitrogens is 1. The number of hydrogen-bond donors (Lipinski definition) is 1. The molecule has 0 amide bonds. The van der Waals surface area contributed by atoms with Crippen LogP contribution in [0.2, 0.25) is 0 Å². The monoisotopic (exact) mass is 285 g/mol. The zero-order chi connectivity index (χ0) is 15.1. The number of benzene rings is 1. The van der Waals surface area contributed by atoms with Crippen LogP contribution in [-0.2, 0) is 26.6 Å². The third-order valence-electron chi connectivity index (χ3n) is 5.17. The number of rotatable bonds is 4. The van der Waals surface area contributed by atoms with E-state index in [-0.39, 0.29) is 6.04 Å². The SMILES string of the molecule is CCC(N)Cc1c(C)n(C)c2cc3c(cc12)CN(CC)C3. The van der Waals surface area contributed by atoms with E-state index in [0.29, 0.717) is 0 Å². The van der Waals surface area contributed by atoms with Crippen molar-refractivity contribution in [1.82, 2.24) is 9.47 Å². The van der Waals surface area contributed by atoms with Crippen LogP contribution in [0.25, 0.3) is 10.9 Å². The second kappa shape index (κ2) is 5.47. The minimum Gasteiger partial charge on any atom is -0.348 e. The molecule has 3 nitrogen and oxygen atoms in total. The molecule has 3 heteroatoms. The van der Waals surface area contributed by atoms with Gasteiger partial charge >= 0.3 is 0 Å². The summed E-state index contributed by atoms with van der Waals surface area (Å²) in [7, 11) is 2.18. The van der Waals surface area contributed by atoms with Crippen molar-refractivity contribution in [1.29, 1.82) is 0 Å². The van der Waals surface area contributed by atoms with E-state index in [1.54, 1.807) is 0 Å². The number of aryl methyl sites for hydroxylation is 1. The van der Waals surface area contributed by atoms with Gasteiger partial charge in [0, 0.05) is 42.8 Å². The first-order chi connectivity index (χ1) is 10.0. The van der Waals surface area contributed by atoms with Crippen LogP contribution < -0.4 is 5.73 Å². The van der Waals surface area contributed by atoms with Gasteiger partial charge in [-0.3, -0.25) is 4.90 Å². The Morgan fingerprint density at radius 2 is 1.86 bits per heavy atom. The van der Waals surface area contributed by atoms with Gasteiger partial charge < -0.3 is 10.3 Å². The van der Waals surface area contributed by atoms with Crippen molar-refractivity contribution in [3.63, 3.8) is 0 Å². The number of hydrogen-bond acceptors (Lipinski definition) is 2. The summed E-state index contributed by atoms with van der Waals surface area (Å²) in [6.45, 7) is 9.94. The van der Waals surface area contributed by atoms with Crippen LogP contribution in [0, 0.1) is 6.92 Å². The van der Waals surface area contributed by atoms with E-state index in [4.69, 9.17) is 5.73 Å². The van der Waals surface area contributed by atoms with E-state index in [1.165, 1.54) is 33.3 Å². The second-order valence-corrected chi connectivity index (χ2v) is 6.44. The molecule has 0 saturated carbocycles. The van der Waals surface area contributed by atoms with Crippen molar-refractivity contribution in [2.45, 2.75) is 52.7 Å². The highest BCUT2D eigenvalue weighted by Crippen LogP contribution is 2.32. The molecule has 0 spiro atoms. The molecule has 1 aromatic carbocycles. The summed E-state index contributed by atoms with van der Waals surface area (Å²) >= 11 is 0. The Bertz CT molecular complexity index is 669. The molecule has 1 aliphatic heterocycles. The highest BCUT2D eigenvalue weighted by Gasteiger charge is 2.21. The highest BCUT2D eigenvalue weighted by atomic mass is 15.1. The third-order valence-corrected chi connectivity index (χ3v) is 5.17. The maximum Gasteiger partial charge on any atom is 0.0486 e. The van der Waals surface area contributed by atoms with E-state index < -0.39 is 0 Å². The van der Waals surface area contributed by atoms with Gasteiger partial charge in [-0.05, 0) is 55.1 Å². The molecule has 0 radical (unpaired) electrons. The van der Waals surface area contributed by atoms with Crippen molar-refractivity contribution < 1.29 is 0 Å². The zero-order valence-electron chi connectivity index (χ0n) is 13.7. The van der Waals surface area contributed by atoms with Crippen LogP contribution in [0.3, 0.4) is 0 Å². The van der Waals surface area contributed by atoms with Crippen molar-refractivity contribution in [2.24, 2.45) is 12.8 Å². The van der Waals surface area contributed by atoms with E-state index in [9.17, 15) is 0 Å². The van der Waals surface area contributed by atoms with Crippen molar-refractivity contribution >= 4 is 10.9 Å². The van der Waals surface area contributed by atoms with Crippen molar-refractivity contribution in [3.8, 4) is 0 Å². The topological polar surface area (TPSA) is 34.2 Å². The Morgan fingerprint density at radius 1 is 1.19 bits per heavy atom. The molecule has 2 aromatic rings. The summed E-state index contributed by atoms with van der Waals surface area (Å²) in [6, 6.07) is 5.08. The lowest BCUT2D eigenvalue weighted by molar-refractivity contribution is 0.301. The second-order valence-electron chi connectivity index (χ2n) is 6.44. The molecule has 0 fully saturated rings. The first kappa shape index (κ1) is 14.6. The van der Waals surface area contributed by atoms with Crippen LogP contribution in [0.1, 0.15) is 42.7 Å². The van der Waals surface area contributed by atoms with E-state index in [0.717, 1.165) is 32.5 Å². The average molecular weight is 285 g/mol. The van der Waals surface area contributed by atoms with Gasteiger partial charge in [-0.15, -0.1) is 0 Å². The molecular formula is C18H27N3. The molecular weight excluding hydrogens is 258 g/mol. The molecule has 0 bridgehead atoms. The van der Waals surface area contributed by atoms with Crippen LogP contribution in [0.5, 0.6) is 0 Å². The van der Waals surface area contributed by atoms with Gasteiger partial charge in [-0.1, -0.05) is 13.8 Å². The van der Waals surface area contributed by atoms with Crippen molar-refractivity contribution in [3.05, 3.63) is 34.5 Å². The molecule has 3 rings (SSSR count). The molecule has 0 saturated heterocycles. The summed E-state index contributed by atoms with van der Waals surface area (Å²) in [5.41, 5.74) is 13.4. The lowest BCUT2D eigenvalue weighted by Crippen LogP contribution is -2.21. The molecule has 0 aliphatic carbocycles. The largest absolute Gasteiger partial charge is 0.348 e. The van der Waals surface area contributed by atoms with E-state index in [1.807, 2.05) is 0 Å². The van der Waals surface area contributed by atoms with E-state index >= 15 is 0 Å². The highest BCUT2D eigenvalue weighted by molar-refractivity contribution is 5.87. The average Bonchev–Trinajstić information content (AvgIpc) is 2.99. The van der Waals surface area contributed by atoms with Gasteiger partial charge in [0.05, 0.1) is 0 Å². The normalized spacial score (nSPS) is 16.6. The standard InChI is InChI=1S/C18H27N3/c1-5-15(19)9-16-12(3)20(4)18-8-14-11-21(6-2)10-13(14)7-17(16)18/h7-8,15H,5-6,9-11,19H2,1-4H3. The predicted molar refractivity (Wildman–Crippen MR) is 89.4 cm³/mol. The van der Waals surface area contributed by atoms with Crippen molar-refractivity contribution in [2.75, 3.05) is 6.54 Å². The van der Waals surface area contributed by atoms with E-state index in [2.05, 4.69) is 49.4 Å². The van der Waals surface area contributed by atoms with Gasteiger partial charge in [0.15, 0.2) is 0 Å². The number of nitrogens with zero attached hydrogens (tertiary/aromatic N) is 2. The fraction of sp³-hybridized carbons (Fsp3) is 0.556. The predicted octanol–water partition coefficient (Wildman–Crippen LogP) is 3.10. The Hall–Kier alpha value is -1.32. The first-order valence-electron chi connectivity index (χ1n) is 8.12. The van der Waals surface area contributed by atoms with Gasteiger partial charge in [0.1, 0.15) is 0 Å². The third kappa shape index (κ3) is 2.39. The summed E-state index contributed by atoms with van der Waals surface area (Å²) in [5, 5.41) is 1.41. The Morgan fingerprint density at radius 3 is 2.48 bits per heavy atom. The molecule has 114 valence electrons. The molecule has 21 heavy (non-hydrogen) atoms. The Kier molecular flexibility index (Phi) is 3.80. The summed E-state index contributed by atoms with van der Waals surface area (Å²) in [6.07, 6.45) is 2.01. The fourth-order valence-corrected chi connectivity index (χ4v) is 3.49. The molecule has 1 unspecified atom stereocenters. The maximum absolute atomic E-state index is 6.21. The van der Waals surface area contributed by atoms with Crippen LogP contribution in [-0.4, -0.2) is 22.1 Å². The van der Waals surface area contributed by atoms with Gasteiger partial charge in [-0.2, -0.15) is 0 Å². The van der Waals surface area contributed by atoms with Crippen LogP contribution in [0.4, 0.5) is 0 Å². The summed E-state index contributed by atoms with van der Waals surface area (Å²) in [5.74, 6) is 0. The summed E-state index contributed by atoms with van der Waals surface area (Å²) in [4.78, 5) is 2.49. The smallest absolute Gasteiger partial charge is 0.0486 e. The van der Waals surface area contributed by atoms with Gasteiger partial charge in [0.2, 0.25) is 0 Å². The van der Waals surface area contributed by atoms with Gasteiger partial charge in [0.25, 0.3) is 0 Å². The minimum atomic E-state index is 0.259. The Balaban J connectivity index is 2.10. The van der Waals surface area contributed by atoms with Crippen LogP contribution >= 0.6 is 0 Å². The quantitative estimate of drug-likeness (QED) is 0.936. The number of fused-ring (bicyclic) bond motifs is 2. The molecule has 1 aromatic heterocycles. The molecule has 1 aliphatic rings. The molecule has 2 N–H and O–H groups in total. The van der Waals surface area contributed by atoms with Gasteiger partial charge in [-0.25, -0.2) is 0 Å². The van der Waals surface area contributed by atoms with Crippen LogP contribution in [0.15, 0.2) is 12.1 Å². The fourth-order valence-electron chi connectivity index (χ4n) is 3.49. The zero-order valence-corrected chi connectivity index (χ0v) is 13.7. The molecule has 2 heterocycles. The first-order valence-corrected chi connectivity index (χ1v) is 8.12.